The van der Waals surface area contributed by atoms with Crippen molar-refractivity contribution in [2.75, 3.05) is 32.0 Å². The molecule has 1 heterocycles. The number of hydrogen-bond acceptors (Lipinski definition) is 6. The lowest BCUT2D eigenvalue weighted by Crippen LogP contribution is -2.13. The third-order valence-corrected chi connectivity index (χ3v) is 4.26. The van der Waals surface area contributed by atoms with Gasteiger partial charge >= 0.3 is 0 Å². The van der Waals surface area contributed by atoms with Gasteiger partial charge in [0.15, 0.2) is 11.5 Å². The molecule has 0 aliphatic carbocycles. The molecule has 0 aliphatic heterocycles. The average Bonchev–Trinajstić information content (AvgIpc) is 2.78. The fourth-order valence-corrected chi connectivity index (χ4v) is 2.78. The van der Waals surface area contributed by atoms with Crippen molar-refractivity contribution >= 4 is 17.4 Å². The maximum atomic E-state index is 12.6. The number of ether oxygens (including phenoxy) is 3. The molecule has 0 atom stereocenters. The van der Waals surface area contributed by atoms with E-state index in [9.17, 15) is 4.79 Å². The van der Waals surface area contributed by atoms with Gasteiger partial charge in [0.25, 0.3) is 5.91 Å². The number of carbonyl (C=O) groups is 1. The van der Waals surface area contributed by atoms with Gasteiger partial charge in [-0.2, -0.15) is 0 Å². The van der Waals surface area contributed by atoms with Crippen molar-refractivity contribution in [3.05, 3.63) is 71.9 Å². The van der Waals surface area contributed by atoms with Crippen molar-refractivity contribution in [3.8, 4) is 17.2 Å². The number of aromatic nitrogens is 1. The molecule has 1 aromatic heterocycles. The number of carbonyl (C=O) groups excluding carboxylic acids is 1. The second kappa shape index (κ2) is 9.45. The van der Waals surface area contributed by atoms with Gasteiger partial charge in [0, 0.05) is 12.1 Å². The quantitative estimate of drug-likeness (QED) is 0.603. The Bertz CT molecular complexity index is 935. The largest absolute Gasteiger partial charge is 0.493 e. The zero-order valence-electron chi connectivity index (χ0n) is 16.6. The molecule has 0 saturated carbocycles. The summed E-state index contributed by atoms with van der Waals surface area (Å²) in [7, 11) is 4.52. The Kier molecular flexibility index (Phi) is 6.52. The Morgan fingerprint density at radius 2 is 1.62 bits per heavy atom. The Labute approximate surface area is 169 Å². The fraction of sp³-hybridized carbons (Fsp3) is 0.182. The van der Waals surface area contributed by atoms with Crippen LogP contribution in [-0.4, -0.2) is 32.2 Å². The molecule has 29 heavy (non-hydrogen) atoms. The summed E-state index contributed by atoms with van der Waals surface area (Å²) in [5.41, 5.74) is 2.12. The molecule has 1 amide bonds. The molecule has 0 saturated heterocycles. The first-order valence-electron chi connectivity index (χ1n) is 8.99. The Morgan fingerprint density at radius 3 is 2.17 bits per heavy atom. The van der Waals surface area contributed by atoms with E-state index in [1.807, 2.05) is 36.4 Å². The van der Waals surface area contributed by atoms with E-state index in [0.29, 0.717) is 35.0 Å². The molecular weight excluding hydrogens is 370 g/mol. The van der Waals surface area contributed by atoms with Crippen LogP contribution in [0, 0.1) is 0 Å². The standard InChI is InChI=1S/C22H23N3O4/c1-27-18-11-16(12-19(28-2)21(18)29-3)22(26)25-17-9-10-20(24-14-17)23-13-15-7-5-4-6-8-15/h4-12,14H,13H2,1-3H3,(H,23,24)(H,25,26). The predicted octanol–water partition coefficient (Wildman–Crippen LogP) is 3.97. The lowest BCUT2D eigenvalue weighted by Gasteiger charge is -2.14. The fourth-order valence-electron chi connectivity index (χ4n) is 2.78. The monoisotopic (exact) mass is 393 g/mol. The van der Waals surface area contributed by atoms with E-state index in [1.165, 1.54) is 21.3 Å². The molecule has 0 bridgehead atoms. The lowest BCUT2D eigenvalue weighted by atomic mass is 10.1. The summed E-state index contributed by atoms with van der Waals surface area (Å²) in [4.78, 5) is 17.0. The minimum atomic E-state index is -0.309. The minimum absolute atomic E-state index is 0.309. The number of anilines is 2. The summed E-state index contributed by atoms with van der Waals surface area (Å²) >= 11 is 0. The van der Waals surface area contributed by atoms with Crippen molar-refractivity contribution in [1.29, 1.82) is 0 Å². The molecule has 0 spiro atoms. The lowest BCUT2D eigenvalue weighted by molar-refractivity contribution is 0.102. The highest BCUT2D eigenvalue weighted by molar-refractivity contribution is 6.05. The number of nitrogens with zero attached hydrogens (tertiary/aromatic N) is 1. The van der Waals surface area contributed by atoms with E-state index in [0.717, 1.165) is 11.4 Å². The molecule has 0 aliphatic rings. The molecule has 3 aromatic rings. The third kappa shape index (κ3) is 4.95. The summed E-state index contributed by atoms with van der Waals surface area (Å²) in [6.45, 7) is 0.672. The molecular formula is C22H23N3O4. The van der Waals surface area contributed by atoms with Gasteiger partial charge in [-0.05, 0) is 29.8 Å². The zero-order chi connectivity index (χ0) is 20.6. The van der Waals surface area contributed by atoms with Crippen LogP contribution < -0.4 is 24.8 Å². The summed E-state index contributed by atoms with van der Waals surface area (Å²) in [6, 6.07) is 16.8. The minimum Gasteiger partial charge on any atom is -0.493 e. The van der Waals surface area contributed by atoms with Crippen LogP contribution in [0.3, 0.4) is 0 Å². The first kappa shape index (κ1) is 20.0. The van der Waals surface area contributed by atoms with Crippen molar-refractivity contribution in [1.82, 2.24) is 4.98 Å². The van der Waals surface area contributed by atoms with Gasteiger partial charge in [0.2, 0.25) is 5.75 Å². The Morgan fingerprint density at radius 1 is 0.931 bits per heavy atom. The molecule has 0 fully saturated rings. The van der Waals surface area contributed by atoms with Crippen LogP contribution in [0.2, 0.25) is 0 Å². The second-order valence-electron chi connectivity index (χ2n) is 6.14. The Hall–Kier alpha value is -3.74. The first-order valence-corrected chi connectivity index (χ1v) is 8.99. The average molecular weight is 393 g/mol. The normalized spacial score (nSPS) is 10.2. The highest BCUT2D eigenvalue weighted by Crippen LogP contribution is 2.38. The van der Waals surface area contributed by atoms with Gasteiger partial charge < -0.3 is 24.8 Å². The highest BCUT2D eigenvalue weighted by atomic mass is 16.5. The Balaban J connectivity index is 1.67. The van der Waals surface area contributed by atoms with Gasteiger partial charge in [-0.15, -0.1) is 0 Å². The number of methoxy groups -OCH3 is 3. The number of hydrogen-bond donors (Lipinski definition) is 2. The van der Waals surface area contributed by atoms with Crippen molar-refractivity contribution in [3.63, 3.8) is 0 Å². The van der Waals surface area contributed by atoms with Gasteiger partial charge in [-0.1, -0.05) is 30.3 Å². The van der Waals surface area contributed by atoms with Crippen molar-refractivity contribution < 1.29 is 19.0 Å². The topological polar surface area (TPSA) is 81.7 Å². The number of pyridine rings is 1. The third-order valence-electron chi connectivity index (χ3n) is 4.26. The summed E-state index contributed by atoms with van der Waals surface area (Å²) in [6.07, 6.45) is 1.60. The van der Waals surface area contributed by atoms with Gasteiger partial charge in [-0.3, -0.25) is 4.79 Å². The van der Waals surface area contributed by atoms with Crippen LogP contribution in [-0.2, 0) is 6.54 Å². The molecule has 150 valence electrons. The summed E-state index contributed by atoms with van der Waals surface area (Å²) in [5, 5.41) is 6.06. The maximum absolute atomic E-state index is 12.6. The van der Waals surface area contributed by atoms with Gasteiger partial charge in [0.05, 0.1) is 33.2 Å². The van der Waals surface area contributed by atoms with Crippen molar-refractivity contribution in [2.24, 2.45) is 0 Å². The molecule has 7 nitrogen and oxygen atoms in total. The second-order valence-corrected chi connectivity index (χ2v) is 6.14. The highest BCUT2D eigenvalue weighted by Gasteiger charge is 2.17. The van der Waals surface area contributed by atoms with E-state index in [-0.39, 0.29) is 5.91 Å². The molecule has 7 heteroatoms. The van der Waals surface area contributed by atoms with Crippen LogP contribution >= 0.6 is 0 Å². The van der Waals surface area contributed by atoms with E-state index >= 15 is 0 Å². The molecule has 2 aromatic carbocycles. The maximum Gasteiger partial charge on any atom is 0.255 e. The smallest absolute Gasteiger partial charge is 0.255 e. The van der Waals surface area contributed by atoms with E-state index in [4.69, 9.17) is 14.2 Å². The number of nitrogens with one attached hydrogen (secondary N) is 2. The first-order chi connectivity index (χ1) is 14.1. The van der Waals surface area contributed by atoms with E-state index < -0.39 is 0 Å². The summed E-state index contributed by atoms with van der Waals surface area (Å²) in [5.74, 6) is 1.67. The van der Waals surface area contributed by atoms with Crippen LogP contribution in [0.4, 0.5) is 11.5 Å². The van der Waals surface area contributed by atoms with Gasteiger partial charge in [-0.25, -0.2) is 4.98 Å². The molecule has 0 radical (unpaired) electrons. The van der Waals surface area contributed by atoms with E-state index in [1.54, 1.807) is 24.4 Å². The number of amides is 1. The van der Waals surface area contributed by atoms with Crippen LogP contribution in [0.25, 0.3) is 0 Å². The van der Waals surface area contributed by atoms with Crippen molar-refractivity contribution in [2.45, 2.75) is 6.54 Å². The van der Waals surface area contributed by atoms with Crippen LogP contribution in [0.15, 0.2) is 60.8 Å². The SMILES string of the molecule is COc1cc(C(=O)Nc2ccc(NCc3ccccc3)nc2)cc(OC)c1OC. The van der Waals surface area contributed by atoms with Gasteiger partial charge in [0.1, 0.15) is 5.82 Å². The predicted molar refractivity (Wildman–Crippen MR) is 112 cm³/mol. The zero-order valence-corrected chi connectivity index (χ0v) is 16.6. The van der Waals surface area contributed by atoms with Crippen LogP contribution in [0.5, 0.6) is 17.2 Å². The summed E-state index contributed by atoms with van der Waals surface area (Å²) < 4.78 is 15.9. The van der Waals surface area contributed by atoms with Crippen LogP contribution in [0.1, 0.15) is 15.9 Å². The molecule has 0 unspecified atom stereocenters. The van der Waals surface area contributed by atoms with E-state index in [2.05, 4.69) is 15.6 Å². The number of benzene rings is 2. The number of rotatable bonds is 8. The molecule has 2 N–H and O–H groups in total. The molecule has 3 rings (SSSR count).